The van der Waals surface area contributed by atoms with Gasteiger partial charge in [0.15, 0.2) is 0 Å². The molecule has 0 bridgehead atoms. The summed E-state index contributed by atoms with van der Waals surface area (Å²) in [5, 5.41) is 3.27. The molecule has 2 heterocycles. The molecule has 126 valence electrons. The smallest absolute Gasteiger partial charge is 0.410 e. The van der Waals surface area contributed by atoms with E-state index in [2.05, 4.69) is 5.32 Å². The van der Waals surface area contributed by atoms with Gasteiger partial charge in [-0.25, -0.2) is 4.79 Å². The molecule has 0 saturated carbocycles. The Morgan fingerprint density at radius 2 is 2.14 bits per heavy atom. The van der Waals surface area contributed by atoms with Crippen molar-refractivity contribution in [3.05, 3.63) is 0 Å². The number of carbonyl (C=O) groups excluding carboxylic acids is 2. The van der Waals surface area contributed by atoms with Gasteiger partial charge in [-0.3, -0.25) is 9.69 Å². The number of hydrogen-bond donors (Lipinski definition) is 1. The quantitative estimate of drug-likeness (QED) is 0.801. The van der Waals surface area contributed by atoms with Crippen molar-refractivity contribution >= 4 is 12.0 Å². The van der Waals surface area contributed by atoms with Gasteiger partial charge in [-0.2, -0.15) is 0 Å². The SMILES string of the molecule is CC(C1CNCCO1)N1CCN(C(=O)OC(C)(C)C)CC1=O. The van der Waals surface area contributed by atoms with Gasteiger partial charge in [0.2, 0.25) is 5.91 Å². The van der Waals surface area contributed by atoms with Crippen LogP contribution in [0.1, 0.15) is 27.7 Å². The van der Waals surface area contributed by atoms with Crippen LogP contribution < -0.4 is 5.32 Å². The fourth-order valence-electron chi connectivity index (χ4n) is 2.70. The molecule has 1 N–H and O–H groups in total. The molecule has 2 unspecified atom stereocenters. The first-order valence-electron chi connectivity index (χ1n) is 7.87. The maximum atomic E-state index is 12.4. The molecule has 2 aliphatic rings. The number of nitrogens with one attached hydrogen (secondary N) is 1. The molecular weight excluding hydrogens is 286 g/mol. The van der Waals surface area contributed by atoms with E-state index in [-0.39, 0.29) is 24.6 Å². The van der Waals surface area contributed by atoms with E-state index < -0.39 is 11.7 Å². The summed E-state index contributed by atoms with van der Waals surface area (Å²) in [5.41, 5.74) is -0.549. The van der Waals surface area contributed by atoms with Crippen LogP contribution >= 0.6 is 0 Å². The predicted molar refractivity (Wildman–Crippen MR) is 81.6 cm³/mol. The maximum absolute atomic E-state index is 12.4. The minimum absolute atomic E-state index is 0.00101. The highest BCUT2D eigenvalue weighted by atomic mass is 16.6. The van der Waals surface area contributed by atoms with Gasteiger partial charge in [-0.15, -0.1) is 0 Å². The van der Waals surface area contributed by atoms with Gasteiger partial charge in [0.25, 0.3) is 0 Å². The Bertz CT molecular complexity index is 416. The van der Waals surface area contributed by atoms with Gasteiger partial charge < -0.3 is 19.7 Å². The van der Waals surface area contributed by atoms with Crippen LogP contribution in [0.15, 0.2) is 0 Å². The second-order valence-corrected chi connectivity index (χ2v) is 6.84. The molecular formula is C15H27N3O4. The number of piperazine rings is 1. The Morgan fingerprint density at radius 1 is 1.41 bits per heavy atom. The fraction of sp³-hybridized carbons (Fsp3) is 0.867. The van der Waals surface area contributed by atoms with Crippen molar-refractivity contribution in [1.82, 2.24) is 15.1 Å². The van der Waals surface area contributed by atoms with E-state index in [1.54, 1.807) is 4.90 Å². The average Bonchev–Trinajstić information content (AvgIpc) is 2.45. The van der Waals surface area contributed by atoms with Crippen molar-refractivity contribution in [2.24, 2.45) is 0 Å². The zero-order chi connectivity index (χ0) is 16.3. The van der Waals surface area contributed by atoms with Gasteiger partial charge in [0.05, 0.1) is 18.8 Å². The number of amides is 2. The number of rotatable bonds is 2. The molecule has 2 rings (SSSR count). The van der Waals surface area contributed by atoms with E-state index in [0.29, 0.717) is 19.7 Å². The number of carbonyl (C=O) groups is 2. The molecule has 2 aliphatic heterocycles. The van der Waals surface area contributed by atoms with Gasteiger partial charge in [-0.1, -0.05) is 0 Å². The molecule has 2 saturated heterocycles. The minimum Gasteiger partial charge on any atom is -0.444 e. The summed E-state index contributed by atoms with van der Waals surface area (Å²) in [7, 11) is 0. The Kier molecular flexibility index (Phi) is 5.28. The fourth-order valence-corrected chi connectivity index (χ4v) is 2.70. The van der Waals surface area contributed by atoms with Crippen LogP contribution in [0.5, 0.6) is 0 Å². The molecule has 7 nitrogen and oxygen atoms in total. The van der Waals surface area contributed by atoms with Gasteiger partial charge in [-0.05, 0) is 27.7 Å². The predicted octanol–water partition coefficient (Wildman–Crippen LogP) is 0.443. The monoisotopic (exact) mass is 313 g/mol. The first-order valence-corrected chi connectivity index (χ1v) is 7.87. The topological polar surface area (TPSA) is 71.1 Å². The van der Waals surface area contributed by atoms with Crippen LogP contribution in [0.2, 0.25) is 0 Å². The van der Waals surface area contributed by atoms with E-state index in [4.69, 9.17) is 9.47 Å². The van der Waals surface area contributed by atoms with E-state index in [1.807, 2.05) is 27.7 Å². The van der Waals surface area contributed by atoms with E-state index in [1.165, 1.54) is 4.90 Å². The summed E-state index contributed by atoms with van der Waals surface area (Å²) in [6, 6.07) is 0.00101. The molecule has 0 aromatic rings. The molecule has 2 atom stereocenters. The highest BCUT2D eigenvalue weighted by Crippen LogP contribution is 2.16. The maximum Gasteiger partial charge on any atom is 0.410 e. The standard InChI is InChI=1S/C15H27N3O4/c1-11(12-9-16-5-8-21-12)18-7-6-17(10-13(18)19)14(20)22-15(2,3)4/h11-12,16H,5-10H2,1-4H3. The highest BCUT2D eigenvalue weighted by molar-refractivity contribution is 5.84. The number of nitrogens with zero attached hydrogens (tertiary/aromatic N) is 2. The molecule has 0 radical (unpaired) electrons. The van der Waals surface area contributed by atoms with Gasteiger partial charge in [0.1, 0.15) is 12.1 Å². The summed E-state index contributed by atoms with van der Waals surface area (Å²) in [6.45, 7) is 10.8. The molecule has 0 aromatic heterocycles. The van der Waals surface area contributed by atoms with Crippen molar-refractivity contribution in [2.45, 2.75) is 45.4 Å². The van der Waals surface area contributed by atoms with Crippen LogP contribution in [0, 0.1) is 0 Å². The lowest BCUT2D eigenvalue weighted by atomic mass is 10.1. The summed E-state index contributed by atoms with van der Waals surface area (Å²) in [5.74, 6) is -0.0567. The van der Waals surface area contributed by atoms with E-state index >= 15 is 0 Å². The van der Waals surface area contributed by atoms with Gasteiger partial charge in [0, 0.05) is 26.2 Å². The molecule has 7 heteroatoms. The molecule has 2 amide bonds. The van der Waals surface area contributed by atoms with Crippen LogP contribution in [0.3, 0.4) is 0 Å². The molecule has 2 fully saturated rings. The lowest BCUT2D eigenvalue weighted by Gasteiger charge is -2.41. The Balaban J connectivity index is 1.89. The Hall–Kier alpha value is -1.34. The Morgan fingerprint density at radius 3 is 2.68 bits per heavy atom. The molecule has 0 aromatic carbocycles. The van der Waals surface area contributed by atoms with Crippen molar-refractivity contribution in [3.63, 3.8) is 0 Å². The lowest BCUT2D eigenvalue weighted by molar-refractivity contribution is -0.142. The normalized spacial score (nSPS) is 25.1. The average molecular weight is 313 g/mol. The van der Waals surface area contributed by atoms with Crippen LogP contribution in [0.4, 0.5) is 4.79 Å². The Labute approximate surface area is 131 Å². The minimum atomic E-state index is -0.549. The molecule has 0 spiro atoms. The van der Waals surface area contributed by atoms with E-state index in [9.17, 15) is 9.59 Å². The third-order valence-electron chi connectivity index (χ3n) is 3.89. The molecule has 22 heavy (non-hydrogen) atoms. The number of hydrogen-bond acceptors (Lipinski definition) is 5. The van der Waals surface area contributed by atoms with Crippen LogP contribution in [-0.4, -0.2) is 78.9 Å². The first kappa shape index (κ1) is 17.0. The second-order valence-electron chi connectivity index (χ2n) is 6.84. The first-order chi connectivity index (χ1) is 10.3. The van der Waals surface area contributed by atoms with Crippen molar-refractivity contribution in [3.8, 4) is 0 Å². The molecule has 0 aliphatic carbocycles. The highest BCUT2D eigenvalue weighted by Gasteiger charge is 2.35. The third-order valence-corrected chi connectivity index (χ3v) is 3.89. The zero-order valence-electron chi connectivity index (χ0n) is 13.9. The van der Waals surface area contributed by atoms with E-state index in [0.717, 1.165) is 13.1 Å². The number of ether oxygens (including phenoxy) is 2. The number of morpholine rings is 1. The van der Waals surface area contributed by atoms with Crippen molar-refractivity contribution in [2.75, 3.05) is 39.3 Å². The summed E-state index contributed by atoms with van der Waals surface area (Å²) in [4.78, 5) is 27.7. The second kappa shape index (κ2) is 6.83. The van der Waals surface area contributed by atoms with Crippen LogP contribution in [-0.2, 0) is 14.3 Å². The third kappa shape index (κ3) is 4.33. The largest absolute Gasteiger partial charge is 0.444 e. The summed E-state index contributed by atoms with van der Waals surface area (Å²) in [6.07, 6.45) is -0.422. The van der Waals surface area contributed by atoms with Crippen molar-refractivity contribution < 1.29 is 19.1 Å². The van der Waals surface area contributed by atoms with Crippen molar-refractivity contribution in [1.29, 1.82) is 0 Å². The van der Waals surface area contributed by atoms with Crippen LogP contribution in [0.25, 0.3) is 0 Å². The summed E-state index contributed by atoms with van der Waals surface area (Å²) < 4.78 is 11.0. The summed E-state index contributed by atoms with van der Waals surface area (Å²) >= 11 is 0. The van der Waals surface area contributed by atoms with Gasteiger partial charge >= 0.3 is 6.09 Å². The lowest BCUT2D eigenvalue weighted by Crippen LogP contribution is -2.60. The zero-order valence-corrected chi connectivity index (χ0v) is 13.9.